The van der Waals surface area contributed by atoms with Gasteiger partial charge in [0.05, 0.1) is 4.90 Å². The van der Waals surface area contributed by atoms with Gasteiger partial charge < -0.3 is 9.54 Å². The zero-order chi connectivity index (χ0) is 10.1. The first-order chi connectivity index (χ1) is 6.72. The third-order valence-electron chi connectivity index (χ3n) is 2.03. The van der Waals surface area contributed by atoms with Crippen molar-refractivity contribution in [1.82, 2.24) is 4.98 Å². The predicted octanol–water partition coefficient (Wildman–Crippen LogP) is 2.13. The predicted molar refractivity (Wildman–Crippen MR) is 57.3 cm³/mol. The Morgan fingerprint density at radius 1 is 1.50 bits per heavy atom. The zero-order valence-corrected chi connectivity index (χ0v) is 9.08. The summed E-state index contributed by atoms with van der Waals surface area (Å²) in [5, 5.41) is 0.746. The molecule has 0 fully saturated rings. The van der Waals surface area contributed by atoms with Gasteiger partial charge in [-0.05, 0) is 29.5 Å². The molecule has 0 radical (unpaired) electrons. The second kappa shape index (κ2) is 3.76. The van der Waals surface area contributed by atoms with E-state index in [1.165, 1.54) is 6.20 Å². The molecular weight excluding hydrogens is 218 g/mol. The maximum atomic E-state index is 10.8. The molecule has 0 spiro atoms. The van der Waals surface area contributed by atoms with Gasteiger partial charge in [0.1, 0.15) is 0 Å². The van der Waals surface area contributed by atoms with Gasteiger partial charge >= 0.3 is 0 Å². The second-order valence-corrected chi connectivity index (χ2v) is 4.59. The van der Waals surface area contributed by atoms with Crippen molar-refractivity contribution >= 4 is 33.7 Å². The van der Waals surface area contributed by atoms with Crippen molar-refractivity contribution < 1.29 is 8.76 Å². The summed E-state index contributed by atoms with van der Waals surface area (Å²) in [6.45, 7) is 0. The highest BCUT2D eigenvalue weighted by Crippen LogP contribution is 2.25. The monoisotopic (exact) mass is 226 g/mol. The highest BCUT2D eigenvalue weighted by atomic mass is 32.2. The molecular formula is C9H8NO2S2-. The second-order valence-electron chi connectivity index (χ2n) is 2.80. The Hall–Kier alpha value is -0.780. The molecule has 0 aliphatic rings. The van der Waals surface area contributed by atoms with Crippen LogP contribution in [0.1, 0.15) is 0 Å². The van der Waals surface area contributed by atoms with Crippen LogP contribution in [0.3, 0.4) is 0 Å². The Balaban J connectivity index is 2.65. The van der Waals surface area contributed by atoms with Gasteiger partial charge in [-0.2, -0.15) is 0 Å². The molecule has 1 aromatic heterocycles. The maximum absolute atomic E-state index is 10.8. The van der Waals surface area contributed by atoms with Crippen molar-refractivity contribution in [3.05, 3.63) is 24.4 Å². The van der Waals surface area contributed by atoms with Crippen LogP contribution >= 0.6 is 11.8 Å². The van der Waals surface area contributed by atoms with E-state index >= 15 is 0 Å². The molecule has 0 aliphatic carbocycles. The third kappa shape index (κ3) is 1.58. The Morgan fingerprint density at radius 2 is 2.29 bits per heavy atom. The molecule has 1 aromatic carbocycles. The molecule has 0 amide bonds. The van der Waals surface area contributed by atoms with E-state index in [9.17, 15) is 8.76 Å². The summed E-state index contributed by atoms with van der Waals surface area (Å²) in [4.78, 5) is 4.38. The fourth-order valence-corrected chi connectivity index (χ4v) is 2.30. The molecule has 1 atom stereocenters. The number of fused-ring (bicyclic) bond motifs is 1. The fourth-order valence-electron chi connectivity index (χ4n) is 1.34. The van der Waals surface area contributed by atoms with Gasteiger partial charge in [-0.15, -0.1) is 11.8 Å². The van der Waals surface area contributed by atoms with E-state index in [0.717, 1.165) is 15.8 Å². The molecule has 5 heteroatoms. The fraction of sp³-hybridized carbons (Fsp3) is 0.111. The lowest BCUT2D eigenvalue weighted by atomic mass is 10.2. The van der Waals surface area contributed by atoms with Crippen LogP contribution in [-0.4, -0.2) is 20.0 Å². The van der Waals surface area contributed by atoms with E-state index in [1.807, 2.05) is 24.5 Å². The molecule has 0 saturated heterocycles. The summed E-state index contributed by atoms with van der Waals surface area (Å²) in [6, 6.07) is 5.68. The first-order valence-electron chi connectivity index (χ1n) is 3.97. The average Bonchev–Trinajstić information content (AvgIpc) is 2.59. The maximum Gasteiger partial charge on any atom is 0.0502 e. The van der Waals surface area contributed by atoms with Crippen molar-refractivity contribution in [2.45, 2.75) is 9.79 Å². The smallest absolute Gasteiger partial charge is 0.0502 e. The molecule has 0 aliphatic heterocycles. The standard InChI is InChI=1S/C9H9NO2S2/c1-13-6-2-3-7-8(4-6)10-5-9(7)14(11)12/h2-5,10H,1H3,(H,11,12)/p-1. The van der Waals surface area contributed by atoms with Crippen LogP contribution in [0.25, 0.3) is 10.9 Å². The van der Waals surface area contributed by atoms with Gasteiger partial charge in [-0.1, -0.05) is 6.07 Å². The SMILES string of the molecule is CSc1ccc2c(S(=O)[O-])c[nH]c2c1. The van der Waals surface area contributed by atoms with Crippen molar-refractivity contribution in [1.29, 1.82) is 0 Å². The lowest BCUT2D eigenvalue weighted by Gasteiger charge is -2.02. The molecule has 1 unspecified atom stereocenters. The van der Waals surface area contributed by atoms with Gasteiger partial charge in [0.25, 0.3) is 0 Å². The minimum Gasteiger partial charge on any atom is -0.768 e. The van der Waals surface area contributed by atoms with Gasteiger partial charge in [-0.25, -0.2) is 0 Å². The molecule has 0 bridgehead atoms. The molecule has 3 nitrogen and oxygen atoms in total. The quantitative estimate of drug-likeness (QED) is 0.630. The average molecular weight is 226 g/mol. The summed E-state index contributed by atoms with van der Waals surface area (Å²) in [7, 11) is 0. The third-order valence-corrected chi connectivity index (χ3v) is 3.45. The van der Waals surface area contributed by atoms with Gasteiger partial charge in [0, 0.05) is 22.0 Å². The highest BCUT2D eigenvalue weighted by molar-refractivity contribution is 7.98. The Labute approximate surface area is 88.2 Å². The first-order valence-corrected chi connectivity index (χ1v) is 6.26. The molecule has 14 heavy (non-hydrogen) atoms. The lowest BCUT2D eigenvalue weighted by Crippen LogP contribution is -1.85. The number of aromatic amines is 1. The number of hydrogen-bond donors (Lipinski definition) is 1. The normalized spacial score (nSPS) is 13.3. The number of H-pyrrole nitrogens is 1. The molecule has 2 aromatic rings. The molecule has 1 heterocycles. The number of nitrogens with one attached hydrogen (secondary N) is 1. The summed E-state index contributed by atoms with van der Waals surface area (Å²) in [6.07, 6.45) is 3.49. The van der Waals surface area contributed by atoms with Gasteiger partial charge in [-0.3, -0.25) is 4.21 Å². The van der Waals surface area contributed by atoms with Crippen molar-refractivity contribution in [2.24, 2.45) is 0 Å². The van der Waals surface area contributed by atoms with Crippen molar-refractivity contribution in [3.63, 3.8) is 0 Å². The van der Waals surface area contributed by atoms with Crippen LogP contribution < -0.4 is 0 Å². The first kappa shape index (κ1) is 9.76. The van der Waals surface area contributed by atoms with Crippen molar-refractivity contribution in [2.75, 3.05) is 6.26 Å². The topological polar surface area (TPSA) is 55.9 Å². The van der Waals surface area contributed by atoms with E-state index in [2.05, 4.69) is 4.98 Å². The van der Waals surface area contributed by atoms with E-state index in [4.69, 9.17) is 0 Å². The summed E-state index contributed by atoms with van der Waals surface area (Å²) < 4.78 is 21.6. The Morgan fingerprint density at radius 3 is 2.93 bits per heavy atom. The number of thioether (sulfide) groups is 1. The Kier molecular flexibility index (Phi) is 2.62. The largest absolute Gasteiger partial charge is 0.768 e. The van der Waals surface area contributed by atoms with Crippen LogP contribution in [0.5, 0.6) is 0 Å². The minimum absolute atomic E-state index is 0.327. The number of aromatic nitrogens is 1. The van der Waals surface area contributed by atoms with E-state index in [-0.39, 0.29) is 0 Å². The zero-order valence-electron chi connectivity index (χ0n) is 7.44. The number of benzene rings is 1. The molecule has 0 saturated carbocycles. The number of rotatable bonds is 2. The van der Waals surface area contributed by atoms with E-state index in [0.29, 0.717) is 4.90 Å². The van der Waals surface area contributed by atoms with Crippen LogP contribution in [-0.2, 0) is 11.1 Å². The number of hydrogen-bond acceptors (Lipinski definition) is 3. The van der Waals surface area contributed by atoms with Crippen molar-refractivity contribution in [3.8, 4) is 0 Å². The lowest BCUT2D eigenvalue weighted by molar-refractivity contribution is 0.538. The van der Waals surface area contributed by atoms with Gasteiger partial charge in [0.15, 0.2) is 0 Å². The van der Waals surface area contributed by atoms with Crippen LogP contribution in [0.4, 0.5) is 0 Å². The Bertz CT molecular complexity index is 493. The molecule has 2 rings (SSSR count). The molecule has 1 N–H and O–H groups in total. The van der Waals surface area contributed by atoms with Crippen LogP contribution in [0.15, 0.2) is 34.2 Å². The highest BCUT2D eigenvalue weighted by Gasteiger charge is 2.03. The van der Waals surface area contributed by atoms with E-state index in [1.54, 1.807) is 11.8 Å². The van der Waals surface area contributed by atoms with Crippen LogP contribution in [0.2, 0.25) is 0 Å². The van der Waals surface area contributed by atoms with E-state index < -0.39 is 11.1 Å². The van der Waals surface area contributed by atoms with Gasteiger partial charge in [0.2, 0.25) is 0 Å². The minimum atomic E-state index is -2.17. The molecule has 74 valence electrons. The summed E-state index contributed by atoms with van der Waals surface area (Å²) >= 11 is -0.542. The summed E-state index contributed by atoms with van der Waals surface area (Å²) in [5.74, 6) is 0. The van der Waals surface area contributed by atoms with Crippen LogP contribution in [0, 0.1) is 0 Å². The summed E-state index contributed by atoms with van der Waals surface area (Å²) in [5.41, 5.74) is 0.857.